The van der Waals surface area contributed by atoms with Gasteiger partial charge in [0.25, 0.3) is 10.0 Å². The van der Waals surface area contributed by atoms with Crippen molar-refractivity contribution in [1.82, 2.24) is 9.55 Å². The number of carbonyl (C=O) groups excluding carboxylic acids is 1. The van der Waals surface area contributed by atoms with Crippen molar-refractivity contribution in [2.75, 3.05) is 16.2 Å². The summed E-state index contributed by atoms with van der Waals surface area (Å²) in [6, 6.07) is 15.1. The number of pyridine rings is 1. The first-order valence-corrected chi connectivity index (χ1v) is 11.7. The van der Waals surface area contributed by atoms with E-state index in [4.69, 9.17) is 4.42 Å². The Morgan fingerprint density at radius 3 is 2.79 bits per heavy atom. The number of hydrogen-bond acceptors (Lipinski definition) is 6. The first kappa shape index (κ1) is 21.0. The molecule has 0 saturated heterocycles. The third-order valence-corrected chi connectivity index (χ3v) is 7.37. The molecule has 5 rings (SSSR count). The Kier molecular flexibility index (Phi) is 5.01. The summed E-state index contributed by atoms with van der Waals surface area (Å²) in [7, 11) is -3.84. The van der Waals surface area contributed by atoms with Gasteiger partial charge >= 0.3 is 5.76 Å². The molecule has 9 nitrogen and oxygen atoms in total. The highest BCUT2D eigenvalue weighted by Crippen LogP contribution is 2.33. The van der Waals surface area contributed by atoms with Crippen molar-refractivity contribution in [3.05, 3.63) is 82.5 Å². The van der Waals surface area contributed by atoms with Gasteiger partial charge in [-0.15, -0.1) is 0 Å². The average Bonchev–Trinajstić information content (AvgIpc) is 3.35. The lowest BCUT2D eigenvalue weighted by molar-refractivity contribution is -0.116. The van der Waals surface area contributed by atoms with Crippen molar-refractivity contribution in [3.63, 3.8) is 0 Å². The Balaban J connectivity index is 1.43. The second kappa shape index (κ2) is 7.89. The predicted octanol–water partition coefficient (Wildman–Crippen LogP) is 2.69. The number of anilines is 2. The van der Waals surface area contributed by atoms with Gasteiger partial charge in [0.1, 0.15) is 12.4 Å². The minimum absolute atomic E-state index is 0.0148. The Morgan fingerprint density at radius 1 is 1.15 bits per heavy atom. The van der Waals surface area contributed by atoms with E-state index in [9.17, 15) is 18.0 Å². The van der Waals surface area contributed by atoms with E-state index >= 15 is 0 Å². The van der Waals surface area contributed by atoms with Crippen molar-refractivity contribution < 1.29 is 17.6 Å². The number of aromatic nitrogens is 2. The van der Waals surface area contributed by atoms with Crippen LogP contribution in [0.25, 0.3) is 11.1 Å². The van der Waals surface area contributed by atoms with Gasteiger partial charge in [0.05, 0.1) is 16.1 Å². The van der Waals surface area contributed by atoms with Gasteiger partial charge in [-0.1, -0.05) is 18.2 Å². The lowest BCUT2D eigenvalue weighted by Gasteiger charge is -2.19. The van der Waals surface area contributed by atoms with Crippen LogP contribution in [0.3, 0.4) is 0 Å². The molecule has 0 spiro atoms. The molecule has 2 aromatic carbocycles. The standard InChI is InChI=1S/C23H20N4O5S/c1-15-8-10-24-21(12-15)25-22(28)14-26-19-7-6-17(13-20(19)32-23(26)29)33(30,31)27-11-9-16-4-2-3-5-18(16)27/h2-8,10,12-13H,9,11,14H2,1H3,(H,24,25,28). The topological polar surface area (TPSA) is 115 Å². The molecule has 0 unspecified atom stereocenters. The van der Waals surface area contributed by atoms with E-state index in [1.807, 2.05) is 19.1 Å². The van der Waals surface area contributed by atoms with Gasteiger partial charge in [0, 0.05) is 18.8 Å². The molecule has 1 aliphatic rings. The number of oxazole rings is 1. The molecule has 0 atom stereocenters. The van der Waals surface area contributed by atoms with Crippen LogP contribution in [0.4, 0.5) is 11.5 Å². The highest BCUT2D eigenvalue weighted by atomic mass is 32.2. The molecule has 1 aliphatic heterocycles. The summed E-state index contributed by atoms with van der Waals surface area (Å²) in [6.07, 6.45) is 2.21. The highest BCUT2D eigenvalue weighted by molar-refractivity contribution is 7.92. The van der Waals surface area contributed by atoms with Crippen LogP contribution >= 0.6 is 0 Å². The number of amides is 1. The molecule has 2 aromatic heterocycles. The van der Waals surface area contributed by atoms with E-state index in [0.717, 1.165) is 15.7 Å². The number of rotatable bonds is 5. The minimum Gasteiger partial charge on any atom is -0.408 e. The molecule has 1 N–H and O–H groups in total. The molecule has 3 heterocycles. The van der Waals surface area contributed by atoms with Gasteiger partial charge in [-0.05, 0) is 54.8 Å². The van der Waals surface area contributed by atoms with Crippen LogP contribution in [-0.4, -0.2) is 30.4 Å². The molecule has 0 fully saturated rings. The number of fused-ring (bicyclic) bond motifs is 2. The Labute approximate surface area is 189 Å². The number of nitrogens with zero attached hydrogens (tertiary/aromatic N) is 3. The molecule has 1 amide bonds. The third-order valence-electron chi connectivity index (χ3n) is 5.56. The number of para-hydroxylation sites is 1. The first-order valence-electron chi connectivity index (χ1n) is 10.3. The maximum atomic E-state index is 13.3. The molecule has 0 radical (unpaired) electrons. The van der Waals surface area contributed by atoms with Crippen molar-refractivity contribution in [2.45, 2.75) is 24.8 Å². The summed E-state index contributed by atoms with van der Waals surface area (Å²) < 4.78 is 34.3. The number of aryl methyl sites for hydroxylation is 1. The van der Waals surface area contributed by atoms with Crippen LogP contribution in [0.2, 0.25) is 0 Å². The van der Waals surface area contributed by atoms with Crippen LogP contribution in [0.15, 0.2) is 74.9 Å². The molecule has 4 aromatic rings. The zero-order valence-corrected chi connectivity index (χ0v) is 18.5. The normalized spacial score (nSPS) is 13.3. The number of nitrogens with one attached hydrogen (secondary N) is 1. The summed E-state index contributed by atoms with van der Waals surface area (Å²) in [5, 5.41) is 2.64. The molecule has 168 valence electrons. The van der Waals surface area contributed by atoms with E-state index in [0.29, 0.717) is 30.0 Å². The molecular formula is C23H20N4O5S. The fourth-order valence-electron chi connectivity index (χ4n) is 3.97. The molecule has 33 heavy (non-hydrogen) atoms. The zero-order valence-electron chi connectivity index (χ0n) is 17.7. The zero-order chi connectivity index (χ0) is 23.2. The van der Waals surface area contributed by atoms with Crippen molar-refractivity contribution in [3.8, 4) is 0 Å². The number of carbonyl (C=O) groups is 1. The van der Waals surface area contributed by atoms with Crippen LogP contribution < -0.4 is 15.4 Å². The Morgan fingerprint density at radius 2 is 1.97 bits per heavy atom. The van der Waals surface area contributed by atoms with E-state index in [1.165, 1.54) is 22.5 Å². The molecule has 10 heteroatoms. The summed E-state index contributed by atoms with van der Waals surface area (Å²) in [5.41, 5.74) is 2.97. The lowest BCUT2D eigenvalue weighted by Crippen LogP contribution is -2.29. The average molecular weight is 465 g/mol. The largest absolute Gasteiger partial charge is 0.420 e. The molecular weight excluding hydrogens is 444 g/mol. The number of hydrogen-bond donors (Lipinski definition) is 1. The second-order valence-corrected chi connectivity index (χ2v) is 9.67. The fraction of sp³-hybridized carbons (Fsp3) is 0.174. The first-order chi connectivity index (χ1) is 15.8. The van der Waals surface area contributed by atoms with E-state index < -0.39 is 21.7 Å². The Bertz CT molecular complexity index is 1550. The minimum atomic E-state index is -3.84. The van der Waals surface area contributed by atoms with Gasteiger partial charge < -0.3 is 9.73 Å². The SMILES string of the molecule is Cc1ccnc(NC(=O)Cn2c(=O)oc3cc(S(=O)(=O)N4CCc5ccccc54)ccc32)c1. The summed E-state index contributed by atoms with van der Waals surface area (Å²) in [6.45, 7) is 1.92. The summed E-state index contributed by atoms with van der Waals surface area (Å²) >= 11 is 0. The van der Waals surface area contributed by atoms with E-state index in [-0.39, 0.29) is 17.0 Å². The maximum Gasteiger partial charge on any atom is 0.420 e. The molecule has 0 aliphatic carbocycles. The smallest absolute Gasteiger partial charge is 0.408 e. The van der Waals surface area contributed by atoms with Crippen LogP contribution in [0.5, 0.6) is 0 Å². The number of sulfonamides is 1. The lowest BCUT2D eigenvalue weighted by atomic mass is 10.2. The monoisotopic (exact) mass is 464 g/mol. The van der Waals surface area contributed by atoms with E-state index in [2.05, 4.69) is 10.3 Å². The van der Waals surface area contributed by atoms with Crippen LogP contribution in [-0.2, 0) is 27.8 Å². The fourth-order valence-corrected chi connectivity index (χ4v) is 5.49. The van der Waals surface area contributed by atoms with Crippen LogP contribution in [0, 0.1) is 6.92 Å². The summed E-state index contributed by atoms with van der Waals surface area (Å²) in [4.78, 5) is 28.9. The Hall–Kier alpha value is -3.92. The van der Waals surface area contributed by atoms with Gasteiger partial charge in [-0.3, -0.25) is 13.7 Å². The van der Waals surface area contributed by atoms with Crippen molar-refractivity contribution >= 4 is 38.5 Å². The van der Waals surface area contributed by atoms with Crippen molar-refractivity contribution in [2.24, 2.45) is 0 Å². The van der Waals surface area contributed by atoms with Gasteiger partial charge in [0.15, 0.2) is 5.58 Å². The maximum absolute atomic E-state index is 13.3. The van der Waals surface area contributed by atoms with Crippen LogP contribution in [0.1, 0.15) is 11.1 Å². The molecule has 0 saturated carbocycles. The quantitative estimate of drug-likeness (QED) is 0.486. The van der Waals surface area contributed by atoms with Gasteiger partial charge in [0.2, 0.25) is 5.91 Å². The van der Waals surface area contributed by atoms with Gasteiger partial charge in [-0.25, -0.2) is 18.2 Å². The highest BCUT2D eigenvalue weighted by Gasteiger charge is 2.31. The van der Waals surface area contributed by atoms with Gasteiger partial charge in [-0.2, -0.15) is 0 Å². The van der Waals surface area contributed by atoms with Crippen molar-refractivity contribution in [1.29, 1.82) is 0 Å². The second-order valence-electron chi connectivity index (χ2n) is 7.81. The predicted molar refractivity (Wildman–Crippen MR) is 123 cm³/mol. The number of benzene rings is 2. The van der Waals surface area contributed by atoms with E-state index in [1.54, 1.807) is 30.5 Å². The summed E-state index contributed by atoms with van der Waals surface area (Å²) in [5.74, 6) is -0.832. The molecule has 0 bridgehead atoms. The third kappa shape index (κ3) is 3.78.